The van der Waals surface area contributed by atoms with Crippen molar-refractivity contribution in [2.24, 2.45) is 0 Å². The summed E-state index contributed by atoms with van der Waals surface area (Å²) in [6, 6.07) is 0. The van der Waals surface area contributed by atoms with Gasteiger partial charge in [-0.3, -0.25) is 14.9 Å². The first kappa shape index (κ1) is 6.01. The Morgan fingerprint density at radius 3 is 1.44 bits per heavy atom. The highest BCUT2D eigenvalue weighted by Crippen LogP contribution is 2.09. The molecule has 48 valence electrons. The molecule has 0 bridgehead atoms. The molecule has 1 rings (SSSR count). The molecule has 3 heteroatoms. The number of carbonyl (C=O) groups is 2. The van der Waals surface area contributed by atoms with Gasteiger partial charge in [-0.1, -0.05) is 0 Å². The minimum atomic E-state index is -0.266. The fourth-order valence-corrected chi connectivity index (χ4v) is 0.631. The molecule has 0 aliphatic carbocycles. The summed E-state index contributed by atoms with van der Waals surface area (Å²) in [6.07, 6.45) is 0. The maximum Gasteiger partial charge on any atom is 0.254 e. The average molecular weight is 125 g/mol. The zero-order valence-electron chi connectivity index (χ0n) is 5.32. The molecule has 2 amide bonds. The van der Waals surface area contributed by atoms with Crippen molar-refractivity contribution in [1.29, 1.82) is 0 Å². The molecule has 3 nitrogen and oxygen atoms in total. The van der Waals surface area contributed by atoms with Crippen molar-refractivity contribution in [3.05, 3.63) is 11.1 Å². The Balaban J connectivity index is 3.06. The number of rotatable bonds is 0. The first-order valence-corrected chi connectivity index (χ1v) is 2.66. The molecule has 0 atom stereocenters. The van der Waals surface area contributed by atoms with Gasteiger partial charge in [0.2, 0.25) is 0 Å². The molecule has 1 N–H and O–H groups in total. The SMILES string of the molecule is CC1=C(C)C(=O)NC1=O. The molecule has 1 heterocycles. The molecule has 1 aliphatic rings. The predicted octanol–water partition coefficient (Wildman–Crippen LogP) is -0.0208. The Kier molecular flexibility index (Phi) is 1.12. The zero-order chi connectivity index (χ0) is 7.02. The minimum absolute atomic E-state index is 0.266. The molecule has 0 spiro atoms. The minimum Gasteiger partial charge on any atom is -0.289 e. The van der Waals surface area contributed by atoms with E-state index in [-0.39, 0.29) is 11.8 Å². The molecule has 0 aromatic carbocycles. The van der Waals surface area contributed by atoms with E-state index in [0.29, 0.717) is 11.1 Å². The molecule has 0 radical (unpaired) electrons. The number of imide groups is 1. The first-order chi connectivity index (χ1) is 4.13. The van der Waals surface area contributed by atoms with Gasteiger partial charge in [-0.05, 0) is 13.8 Å². The van der Waals surface area contributed by atoms with Crippen LogP contribution in [0.1, 0.15) is 13.8 Å². The summed E-state index contributed by atoms with van der Waals surface area (Å²) in [5, 5.41) is 2.16. The van der Waals surface area contributed by atoms with E-state index in [2.05, 4.69) is 5.32 Å². The molecule has 1 aliphatic heterocycles. The van der Waals surface area contributed by atoms with Crippen LogP contribution in [0.25, 0.3) is 0 Å². The Morgan fingerprint density at radius 2 is 1.33 bits per heavy atom. The lowest BCUT2D eigenvalue weighted by Crippen LogP contribution is -2.22. The van der Waals surface area contributed by atoms with Gasteiger partial charge in [0.15, 0.2) is 0 Å². The van der Waals surface area contributed by atoms with E-state index in [1.807, 2.05) is 0 Å². The number of hydrogen-bond donors (Lipinski definition) is 1. The van der Waals surface area contributed by atoms with E-state index < -0.39 is 0 Å². The van der Waals surface area contributed by atoms with Crippen LogP contribution < -0.4 is 5.32 Å². The fraction of sp³-hybridized carbons (Fsp3) is 0.333. The Labute approximate surface area is 52.7 Å². The van der Waals surface area contributed by atoms with Gasteiger partial charge in [0.1, 0.15) is 0 Å². The van der Waals surface area contributed by atoms with Crippen molar-refractivity contribution in [3.63, 3.8) is 0 Å². The van der Waals surface area contributed by atoms with Gasteiger partial charge in [0.25, 0.3) is 11.8 Å². The van der Waals surface area contributed by atoms with Crippen LogP contribution >= 0.6 is 0 Å². The molecule has 0 unspecified atom stereocenters. The predicted molar refractivity (Wildman–Crippen MR) is 31.5 cm³/mol. The second-order valence-electron chi connectivity index (χ2n) is 2.03. The highest BCUT2D eigenvalue weighted by atomic mass is 16.2. The highest BCUT2D eigenvalue weighted by Gasteiger charge is 2.22. The Hall–Kier alpha value is -1.12. The first-order valence-electron chi connectivity index (χ1n) is 2.66. The Morgan fingerprint density at radius 1 is 1.00 bits per heavy atom. The summed E-state index contributed by atoms with van der Waals surface area (Å²) in [4.78, 5) is 21.2. The highest BCUT2D eigenvalue weighted by molar-refractivity contribution is 6.18. The summed E-state index contributed by atoms with van der Waals surface area (Å²) in [6.45, 7) is 3.27. The Bertz CT molecular complexity index is 193. The largest absolute Gasteiger partial charge is 0.289 e. The average Bonchev–Trinajstić information content (AvgIpc) is 1.98. The third-order valence-electron chi connectivity index (χ3n) is 1.47. The van der Waals surface area contributed by atoms with Crippen molar-refractivity contribution in [2.45, 2.75) is 13.8 Å². The van der Waals surface area contributed by atoms with Crippen LogP contribution in [0.15, 0.2) is 11.1 Å². The molecule has 9 heavy (non-hydrogen) atoms. The van der Waals surface area contributed by atoms with Crippen molar-refractivity contribution >= 4 is 11.8 Å². The van der Waals surface area contributed by atoms with Gasteiger partial charge < -0.3 is 0 Å². The van der Waals surface area contributed by atoms with Crippen molar-refractivity contribution in [3.8, 4) is 0 Å². The monoisotopic (exact) mass is 125 g/mol. The molecule has 0 saturated carbocycles. The molecule has 0 aromatic rings. The molecular weight excluding hydrogens is 118 g/mol. The van der Waals surface area contributed by atoms with Crippen LogP contribution in [0.2, 0.25) is 0 Å². The normalized spacial score (nSPS) is 18.9. The van der Waals surface area contributed by atoms with Gasteiger partial charge >= 0.3 is 0 Å². The van der Waals surface area contributed by atoms with Crippen molar-refractivity contribution < 1.29 is 9.59 Å². The second kappa shape index (κ2) is 1.69. The second-order valence-corrected chi connectivity index (χ2v) is 2.03. The van der Waals surface area contributed by atoms with E-state index in [4.69, 9.17) is 0 Å². The molecule has 0 aromatic heterocycles. The van der Waals surface area contributed by atoms with Crippen LogP contribution in [0, 0.1) is 0 Å². The van der Waals surface area contributed by atoms with E-state index >= 15 is 0 Å². The van der Waals surface area contributed by atoms with E-state index in [1.165, 1.54) is 0 Å². The van der Waals surface area contributed by atoms with Crippen molar-refractivity contribution in [1.82, 2.24) is 5.32 Å². The van der Waals surface area contributed by atoms with Gasteiger partial charge in [-0.25, -0.2) is 0 Å². The smallest absolute Gasteiger partial charge is 0.254 e. The van der Waals surface area contributed by atoms with Crippen LogP contribution in [0.5, 0.6) is 0 Å². The molecule has 0 saturated heterocycles. The van der Waals surface area contributed by atoms with Crippen molar-refractivity contribution in [2.75, 3.05) is 0 Å². The third kappa shape index (κ3) is 0.740. The van der Waals surface area contributed by atoms with Crippen LogP contribution in [0.3, 0.4) is 0 Å². The number of nitrogens with one attached hydrogen (secondary N) is 1. The lowest BCUT2D eigenvalue weighted by atomic mass is 10.2. The van der Waals surface area contributed by atoms with E-state index in [1.54, 1.807) is 13.8 Å². The van der Waals surface area contributed by atoms with Crippen LogP contribution in [-0.2, 0) is 9.59 Å². The summed E-state index contributed by atoms with van der Waals surface area (Å²) in [5.74, 6) is -0.532. The van der Waals surface area contributed by atoms with Crippen LogP contribution in [0.4, 0.5) is 0 Å². The van der Waals surface area contributed by atoms with Gasteiger partial charge in [-0.15, -0.1) is 0 Å². The molecule has 0 fully saturated rings. The number of hydrogen-bond acceptors (Lipinski definition) is 2. The summed E-state index contributed by atoms with van der Waals surface area (Å²) in [5.41, 5.74) is 1.06. The van der Waals surface area contributed by atoms with Gasteiger partial charge in [0.05, 0.1) is 0 Å². The summed E-state index contributed by atoms with van der Waals surface area (Å²) < 4.78 is 0. The number of amides is 2. The number of carbonyl (C=O) groups excluding carboxylic acids is 2. The zero-order valence-corrected chi connectivity index (χ0v) is 5.32. The lowest BCUT2D eigenvalue weighted by Gasteiger charge is -1.84. The lowest BCUT2D eigenvalue weighted by molar-refractivity contribution is -0.124. The maximum atomic E-state index is 10.6. The standard InChI is InChI=1S/C6H7NO2/c1-3-4(2)6(9)7-5(3)8/h1-2H3,(H,7,8,9). The molecular formula is C6H7NO2. The van der Waals surface area contributed by atoms with Gasteiger partial charge in [-0.2, -0.15) is 0 Å². The van der Waals surface area contributed by atoms with E-state index in [0.717, 1.165) is 0 Å². The van der Waals surface area contributed by atoms with E-state index in [9.17, 15) is 9.59 Å². The third-order valence-corrected chi connectivity index (χ3v) is 1.47. The quantitative estimate of drug-likeness (QED) is 0.462. The summed E-state index contributed by atoms with van der Waals surface area (Å²) >= 11 is 0. The topological polar surface area (TPSA) is 46.2 Å². The van der Waals surface area contributed by atoms with Gasteiger partial charge in [0, 0.05) is 11.1 Å². The summed E-state index contributed by atoms with van der Waals surface area (Å²) in [7, 11) is 0. The maximum absolute atomic E-state index is 10.6. The van der Waals surface area contributed by atoms with Crippen LogP contribution in [-0.4, -0.2) is 11.8 Å². The fourth-order valence-electron chi connectivity index (χ4n) is 0.631.